The molecule has 3 nitrogen and oxygen atoms in total. The highest BCUT2D eigenvalue weighted by molar-refractivity contribution is 5.42. The molecule has 0 amide bonds. The average Bonchev–Trinajstić information content (AvgIpc) is 1.80. The number of aromatic nitrogens is 1. The van der Waals surface area contributed by atoms with Gasteiger partial charge in [0.05, 0.1) is 5.69 Å². The molecule has 0 atom stereocenters. The zero-order valence-corrected chi connectivity index (χ0v) is 4.63. The maximum Gasteiger partial charge on any atom is 0.237 e. The molecule has 1 rings (SSSR count). The highest BCUT2D eigenvalue weighted by Crippen LogP contribution is 2.07. The second-order valence-electron chi connectivity index (χ2n) is 1.62. The van der Waals surface area contributed by atoms with E-state index in [1.54, 1.807) is 0 Å². The predicted octanol–water partition coefficient (Wildman–Crippen LogP) is 0.385. The molecule has 4 heteroatoms. The van der Waals surface area contributed by atoms with Crippen molar-refractivity contribution in [1.29, 1.82) is 0 Å². The third-order valence-corrected chi connectivity index (χ3v) is 0.899. The average molecular weight is 127 g/mol. The van der Waals surface area contributed by atoms with Crippen molar-refractivity contribution in [1.82, 2.24) is 4.98 Å². The maximum absolute atomic E-state index is 12.3. The van der Waals surface area contributed by atoms with E-state index in [1.165, 1.54) is 12.1 Å². The van der Waals surface area contributed by atoms with Crippen LogP contribution in [0.2, 0.25) is 0 Å². The third-order valence-electron chi connectivity index (χ3n) is 0.899. The highest BCUT2D eigenvalue weighted by atomic mass is 19.1. The minimum absolute atomic E-state index is 0.0178. The summed E-state index contributed by atoms with van der Waals surface area (Å²) in [5, 5.41) is 0. The molecule has 48 valence electrons. The summed E-state index contributed by atoms with van der Waals surface area (Å²) in [7, 11) is 0. The van der Waals surface area contributed by atoms with Crippen molar-refractivity contribution in [3.05, 3.63) is 18.1 Å². The quantitative estimate of drug-likeness (QED) is 0.495. The Morgan fingerprint density at radius 2 is 2.00 bits per heavy atom. The molecule has 0 fully saturated rings. The smallest absolute Gasteiger partial charge is 0.237 e. The van der Waals surface area contributed by atoms with Gasteiger partial charge >= 0.3 is 0 Å². The van der Waals surface area contributed by atoms with E-state index in [4.69, 9.17) is 11.5 Å². The summed E-state index contributed by atoms with van der Waals surface area (Å²) in [6, 6.07) is 2.82. The van der Waals surface area contributed by atoms with Crippen molar-refractivity contribution in [3.63, 3.8) is 0 Å². The van der Waals surface area contributed by atoms with Gasteiger partial charge in [0.15, 0.2) is 0 Å². The Bertz CT molecular complexity index is 223. The highest BCUT2D eigenvalue weighted by Gasteiger charge is 1.96. The van der Waals surface area contributed by atoms with Crippen LogP contribution in [0.15, 0.2) is 12.1 Å². The zero-order valence-electron chi connectivity index (χ0n) is 4.63. The normalized spacial score (nSPS) is 9.44. The summed E-state index contributed by atoms with van der Waals surface area (Å²) in [5.41, 5.74) is 10.2. The fourth-order valence-corrected chi connectivity index (χ4v) is 0.459. The van der Waals surface area contributed by atoms with Crippen molar-refractivity contribution in [2.24, 2.45) is 0 Å². The maximum atomic E-state index is 12.3. The lowest BCUT2D eigenvalue weighted by atomic mass is 10.4. The molecule has 0 spiro atoms. The summed E-state index contributed by atoms with van der Waals surface area (Å²) in [4.78, 5) is 3.26. The van der Waals surface area contributed by atoms with E-state index < -0.39 is 5.95 Å². The monoisotopic (exact) mass is 127 g/mol. The van der Waals surface area contributed by atoms with Gasteiger partial charge in [-0.25, -0.2) is 4.98 Å². The van der Waals surface area contributed by atoms with Gasteiger partial charge < -0.3 is 11.5 Å². The Kier molecular flexibility index (Phi) is 1.22. The molecule has 0 saturated heterocycles. The lowest BCUT2D eigenvalue weighted by Crippen LogP contribution is -1.97. The van der Waals surface area contributed by atoms with E-state index >= 15 is 0 Å². The predicted molar refractivity (Wildman–Crippen MR) is 33.0 cm³/mol. The van der Waals surface area contributed by atoms with E-state index in [-0.39, 0.29) is 11.5 Å². The van der Waals surface area contributed by atoms with E-state index in [0.29, 0.717) is 0 Å². The Hall–Kier alpha value is -1.32. The fraction of sp³-hybridized carbons (Fsp3) is 0. The first-order valence-corrected chi connectivity index (χ1v) is 2.37. The van der Waals surface area contributed by atoms with Crippen LogP contribution in [-0.2, 0) is 0 Å². The van der Waals surface area contributed by atoms with Crippen molar-refractivity contribution in [3.8, 4) is 0 Å². The van der Waals surface area contributed by atoms with Gasteiger partial charge in [-0.2, -0.15) is 4.39 Å². The molecule has 0 aliphatic carbocycles. The molecular weight excluding hydrogens is 121 g/mol. The Balaban J connectivity index is 3.17. The molecule has 0 aliphatic heterocycles. The van der Waals surface area contributed by atoms with Crippen molar-refractivity contribution in [2.45, 2.75) is 0 Å². The summed E-state index contributed by atoms with van der Waals surface area (Å²) >= 11 is 0. The fourth-order valence-electron chi connectivity index (χ4n) is 0.459. The van der Waals surface area contributed by atoms with Gasteiger partial charge in [-0.15, -0.1) is 0 Å². The van der Waals surface area contributed by atoms with Gasteiger partial charge in [0.1, 0.15) is 5.82 Å². The van der Waals surface area contributed by atoms with Crippen LogP contribution in [0.25, 0.3) is 0 Å². The number of halogens is 1. The summed E-state index contributed by atoms with van der Waals surface area (Å²) in [5.74, 6) is -0.572. The van der Waals surface area contributed by atoms with Gasteiger partial charge in [0, 0.05) is 0 Å². The molecule has 1 aromatic rings. The number of nitrogens with zero attached hydrogens (tertiary/aromatic N) is 1. The second-order valence-corrected chi connectivity index (χ2v) is 1.62. The summed E-state index contributed by atoms with van der Waals surface area (Å²) in [6.45, 7) is 0. The minimum atomic E-state index is -0.713. The van der Waals surface area contributed by atoms with Crippen molar-refractivity contribution < 1.29 is 4.39 Å². The summed E-state index contributed by atoms with van der Waals surface area (Å²) in [6.07, 6.45) is 0. The van der Waals surface area contributed by atoms with Crippen LogP contribution in [0.4, 0.5) is 15.9 Å². The van der Waals surface area contributed by atoms with Crippen LogP contribution in [-0.4, -0.2) is 4.98 Å². The molecule has 0 radical (unpaired) electrons. The first-order chi connectivity index (χ1) is 4.20. The van der Waals surface area contributed by atoms with Crippen molar-refractivity contribution >= 4 is 11.5 Å². The first-order valence-electron chi connectivity index (χ1n) is 2.37. The number of hydrogen-bond donors (Lipinski definition) is 2. The molecule has 1 heterocycles. The Morgan fingerprint density at radius 3 is 2.44 bits per heavy atom. The largest absolute Gasteiger partial charge is 0.395 e. The first kappa shape index (κ1) is 5.81. The van der Waals surface area contributed by atoms with Crippen LogP contribution in [0.5, 0.6) is 0 Å². The standard InChI is InChI=1S/C5H6FN3/c6-5-3(7)1-2-4(8)9-5/h1-2H,7H2,(H2,8,9). The number of rotatable bonds is 0. The van der Waals surface area contributed by atoms with Crippen LogP contribution in [0, 0.1) is 5.95 Å². The number of nitrogens with two attached hydrogens (primary N) is 2. The van der Waals surface area contributed by atoms with Gasteiger partial charge in [0.2, 0.25) is 5.95 Å². The molecule has 0 aromatic carbocycles. The van der Waals surface area contributed by atoms with Crippen molar-refractivity contribution in [2.75, 3.05) is 11.5 Å². The molecule has 0 aliphatic rings. The SMILES string of the molecule is Nc1ccc(N)c(F)n1. The lowest BCUT2D eigenvalue weighted by Gasteiger charge is -1.93. The summed E-state index contributed by atoms with van der Waals surface area (Å²) < 4.78 is 12.3. The molecule has 0 unspecified atom stereocenters. The third kappa shape index (κ3) is 1.07. The molecular formula is C5H6FN3. The molecule has 9 heavy (non-hydrogen) atoms. The molecule has 1 aromatic heterocycles. The van der Waals surface area contributed by atoms with E-state index in [0.717, 1.165) is 0 Å². The number of hydrogen-bond acceptors (Lipinski definition) is 3. The molecule has 0 bridgehead atoms. The molecule has 4 N–H and O–H groups in total. The van der Waals surface area contributed by atoms with Gasteiger partial charge in [-0.1, -0.05) is 0 Å². The number of anilines is 2. The van der Waals surface area contributed by atoms with Crippen LogP contribution < -0.4 is 11.5 Å². The Labute approximate surface area is 51.5 Å². The van der Waals surface area contributed by atoms with E-state index in [1.807, 2.05) is 0 Å². The van der Waals surface area contributed by atoms with Gasteiger partial charge in [-0.05, 0) is 12.1 Å². The zero-order chi connectivity index (χ0) is 6.85. The van der Waals surface area contributed by atoms with Gasteiger partial charge in [-0.3, -0.25) is 0 Å². The number of nitrogen functional groups attached to an aromatic ring is 2. The molecule has 0 saturated carbocycles. The van der Waals surface area contributed by atoms with Gasteiger partial charge in [0.25, 0.3) is 0 Å². The number of pyridine rings is 1. The second kappa shape index (κ2) is 1.89. The van der Waals surface area contributed by atoms with Crippen LogP contribution in [0.1, 0.15) is 0 Å². The van der Waals surface area contributed by atoms with Crippen LogP contribution in [0.3, 0.4) is 0 Å². The Morgan fingerprint density at radius 1 is 1.33 bits per heavy atom. The lowest BCUT2D eigenvalue weighted by molar-refractivity contribution is 0.591. The van der Waals surface area contributed by atoms with E-state index in [2.05, 4.69) is 4.98 Å². The van der Waals surface area contributed by atoms with Crippen LogP contribution >= 0.6 is 0 Å². The van der Waals surface area contributed by atoms with E-state index in [9.17, 15) is 4.39 Å². The minimum Gasteiger partial charge on any atom is -0.395 e. The topological polar surface area (TPSA) is 64.9 Å².